The highest BCUT2D eigenvalue weighted by molar-refractivity contribution is 7.91. The zero-order valence-corrected chi connectivity index (χ0v) is 11.2. The van der Waals surface area contributed by atoms with Crippen molar-refractivity contribution in [2.75, 3.05) is 31.6 Å². The molecule has 6 heteroatoms. The summed E-state index contributed by atoms with van der Waals surface area (Å²) in [5.41, 5.74) is 4.69. The van der Waals surface area contributed by atoms with E-state index in [0.29, 0.717) is 25.7 Å². The minimum Gasteiger partial charge on any atom is -0.388 e. The van der Waals surface area contributed by atoms with Crippen LogP contribution in [-0.4, -0.2) is 61.2 Å². The molecule has 2 rings (SSSR count). The number of piperidine rings is 1. The Morgan fingerprint density at radius 3 is 2.06 bits per heavy atom. The van der Waals surface area contributed by atoms with Crippen LogP contribution in [0.5, 0.6) is 0 Å². The highest BCUT2D eigenvalue weighted by Gasteiger charge is 2.50. The summed E-state index contributed by atoms with van der Waals surface area (Å²) in [5.74, 6) is 0.225. The molecule has 2 saturated heterocycles. The monoisotopic (exact) mass is 262 g/mol. The van der Waals surface area contributed by atoms with E-state index in [-0.39, 0.29) is 11.5 Å². The lowest BCUT2D eigenvalue weighted by Gasteiger charge is -2.50. The third kappa shape index (κ3) is 2.50. The van der Waals surface area contributed by atoms with Gasteiger partial charge in [0.2, 0.25) is 0 Å². The Balaban J connectivity index is 2.11. The highest BCUT2D eigenvalue weighted by Crippen LogP contribution is 2.38. The maximum absolute atomic E-state index is 11.4. The Hall–Kier alpha value is -0.170. The van der Waals surface area contributed by atoms with Gasteiger partial charge in [0.15, 0.2) is 0 Å². The van der Waals surface area contributed by atoms with Crippen molar-refractivity contribution in [3.05, 3.63) is 0 Å². The normalized spacial score (nSPS) is 32.2. The van der Waals surface area contributed by atoms with Gasteiger partial charge in [0.1, 0.15) is 9.84 Å². The Morgan fingerprint density at radius 1 is 1.12 bits per heavy atom. The molecule has 0 spiro atoms. The van der Waals surface area contributed by atoms with E-state index < -0.39 is 21.0 Å². The molecule has 2 fully saturated rings. The van der Waals surface area contributed by atoms with E-state index in [9.17, 15) is 13.5 Å². The molecule has 0 radical (unpaired) electrons. The number of nitrogens with zero attached hydrogens (tertiary/aromatic N) is 1. The van der Waals surface area contributed by atoms with Crippen LogP contribution in [0.3, 0.4) is 0 Å². The van der Waals surface area contributed by atoms with Crippen LogP contribution >= 0.6 is 0 Å². The molecule has 0 bridgehead atoms. The fourth-order valence-corrected chi connectivity index (χ4v) is 4.41. The maximum Gasteiger partial charge on any atom is 0.150 e. The standard InChI is InChI=1S/C11H22N2O3S/c1-13-6-2-11(14,3-7-13)10(12)4-8-17(15,16)9-5-10/h14H,2-9,12H2,1H3. The largest absolute Gasteiger partial charge is 0.388 e. The van der Waals surface area contributed by atoms with E-state index in [0.717, 1.165) is 13.1 Å². The summed E-state index contributed by atoms with van der Waals surface area (Å²) in [6, 6.07) is 0. The summed E-state index contributed by atoms with van der Waals surface area (Å²) in [4.78, 5) is 2.16. The second kappa shape index (κ2) is 4.19. The van der Waals surface area contributed by atoms with Gasteiger partial charge in [-0.05, 0) is 32.7 Å². The lowest BCUT2D eigenvalue weighted by Crippen LogP contribution is -2.66. The molecule has 2 heterocycles. The minimum atomic E-state index is -2.93. The van der Waals surface area contributed by atoms with Crippen molar-refractivity contribution in [1.82, 2.24) is 4.90 Å². The SMILES string of the molecule is CN1CCC(O)(C2(N)CCS(=O)(=O)CC2)CC1. The van der Waals surface area contributed by atoms with Crippen molar-refractivity contribution in [2.45, 2.75) is 36.8 Å². The molecule has 17 heavy (non-hydrogen) atoms. The van der Waals surface area contributed by atoms with Gasteiger partial charge in [-0.2, -0.15) is 0 Å². The molecule has 0 saturated carbocycles. The molecule has 2 aliphatic rings. The van der Waals surface area contributed by atoms with Gasteiger partial charge in [0.05, 0.1) is 17.1 Å². The number of hydrogen-bond donors (Lipinski definition) is 2. The zero-order valence-electron chi connectivity index (χ0n) is 10.4. The summed E-state index contributed by atoms with van der Waals surface area (Å²) in [6.07, 6.45) is 2.05. The molecule has 0 aromatic carbocycles. The van der Waals surface area contributed by atoms with Crippen molar-refractivity contribution in [2.24, 2.45) is 5.73 Å². The van der Waals surface area contributed by atoms with E-state index in [1.54, 1.807) is 0 Å². The molecule has 0 atom stereocenters. The second-order valence-electron chi connectivity index (χ2n) is 5.64. The molecule has 0 unspecified atom stereocenters. The number of hydrogen-bond acceptors (Lipinski definition) is 5. The van der Waals surface area contributed by atoms with Crippen LogP contribution in [0.15, 0.2) is 0 Å². The summed E-state index contributed by atoms with van der Waals surface area (Å²) in [6.45, 7) is 1.64. The van der Waals surface area contributed by atoms with E-state index in [1.807, 2.05) is 7.05 Å². The molecule has 2 aliphatic heterocycles. The summed E-state index contributed by atoms with van der Waals surface area (Å²) < 4.78 is 22.9. The molecule has 5 nitrogen and oxygen atoms in total. The maximum atomic E-state index is 11.4. The van der Waals surface area contributed by atoms with E-state index >= 15 is 0 Å². The molecular weight excluding hydrogens is 240 g/mol. The molecule has 0 aromatic rings. The molecule has 3 N–H and O–H groups in total. The summed E-state index contributed by atoms with van der Waals surface area (Å²) in [7, 11) is -0.910. The summed E-state index contributed by atoms with van der Waals surface area (Å²) >= 11 is 0. The molecule has 0 aromatic heterocycles. The number of rotatable bonds is 1. The van der Waals surface area contributed by atoms with E-state index in [4.69, 9.17) is 5.73 Å². The van der Waals surface area contributed by atoms with Gasteiger partial charge < -0.3 is 15.7 Å². The molecule has 0 aliphatic carbocycles. The fraction of sp³-hybridized carbons (Fsp3) is 1.00. The van der Waals surface area contributed by atoms with Crippen molar-refractivity contribution >= 4 is 9.84 Å². The Morgan fingerprint density at radius 2 is 1.59 bits per heavy atom. The number of nitrogens with two attached hydrogens (primary N) is 1. The topological polar surface area (TPSA) is 83.6 Å². The van der Waals surface area contributed by atoms with E-state index in [2.05, 4.69) is 4.90 Å². The lowest BCUT2D eigenvalue weighted by atomic mass is 9.71. The second-order valence-corrected chi connectivity index (χ2v) is 7.95. The van der Waals surface area contributed by atoms with Crippen LogP contribution in [0.4, 0.5) is 0 Å². The first-order valence-corrected chi connectivity index (χ1v) is 7.99. The van der Waals surface area contributed by atoms with Crippen LogP contribution in [0.25, 0.3) is 0 Å². The van der Waals surface area contributed by atoms with Gasteiger partial charge in [0.25, 0.3) is 0 Å². The van der Waals surface area contributed by atoms with Gasteiger partial charge in [-0.3, -0.25) is 0 Å². The fourth-order valence-electron chi connectivity index (χ4n) is 2.85. The first kappa shape index (κ1) is 13.3. The van der Waals surface area contributed by atoms with Crippen LogP contribution in [-0.2, 0) is 9.84 Å². The summed E-state index contributed by atoms with van der Waals surface area (Å²) in [5, 5.41) is 10.7. The molecular formula is C11H22N2O3S. The Bertz CT molecular complexity index is 372. The van der Waals surface area contributed by atoms with Crippen LogP contribution in [0.1, 0.15) is 25.7 Å². The van der Waals surface area contributed by atoms with Gasteiger partial charge >= 0.3 is 0 Å². The van der Waals surface area contributed by atoms with Gasteiger partial charge in [-0.1, -0.05) is 0 Å². The quantitative estimate of drug-likeness (QED) is 0.656. The number of likely N-dealkylation sites (tertiary alicyclic amines) is 1. The van der Waals surface area contributed by atoms with Crippen LogP contribution < -0.4 is 5.73 Å². The van der Waals surface area contributed by atoms with E-state index in [1.165, 1.54) is 0 Å². The van der Waals surface area contributed by atoms with Crippen molar-refractivity contribution in [3.63, 3.8) is 0 Å². The van der Waals surface area contributed by atoms with Crippen molar-refractivity contribution in [1.29, 1.82) is 0 Å². The zero-order chi connectivity index (χ0) is 12.7. The van der Waals surface area contributed by atoms with Gasteiger partial charge in [0, 0.05) is 18.6 Å². The Labute approximate surface area is 103 Å². The average Bonchev–Trinajstić information content (AvgIpc) is 2.27. The molecule has 100 valence electrons. The van der Waals surface area contributed by atoms with Gasteiger partial charge in [-0.15, -0.1) is 0 Å². The lowest BCUT2D eigenvalue weighted by molar-refractivity contribution is -0.0805. The predicted octanol–water partition coefficient (Wildman–Crippen LogP) is -0.651. The third-order valence-electron chi connectivity index (χ3n) is 4.46. The highest BCUT2D eigenvalue weighted by atomic mass is 32.2. The third-order valence-corrected chi connectivity index (χ3v) is 6.11. The molecule has 0 amide bonds. The van der Waals surface area contributed by atoms with Crippen LogP contribution in [0.2, 0.25) is 0 Å². The average molecular weight is 262 g/mol. The van der Waals surface area contributed by atoms with Crippen molar-refractivity contribution < 1.29 is 13.5 Å². The predicted molar refractivity (Wildman–Crippen MR) is 66.5 cm³/mol. The first-order valence-electron chi connectivity index (χ1n) is 6.17. The van der Waals surface area contributed by atoms with Crippen molar-refractivity contribution in [3.8, 4) is 0 Å². The smallest absolute Gasteiger partial charge is 0.150 e. The number of sulfone groups is 1. The Kier molecular flexibility index (Phi) is 3.27. The number of aliphatic hydroxyl groups is 1. The first-order chi connectivity index (χ1) is 7.77. The van der Waals surface area contributed by atoms with Gasteiger partial charge in [-0.25, -0.2) is 8.42 Å². The minimum absolute atomic E-state index is 0.113. The van der Waals surface area contributed by atoms with Crippen LogP contribution in [0, 0.1) is 0 Å².